The van der Waals surface area contributed by atoms with Crippen molar-refractivity contribution in [2.45, 2.75) is 0 Å². The molecule has 0 fully saturated rings. The molecule has 11 aromatic rings. The SMILES string of the molecule is [2H]c1c([2H])c(N(c2ccc(-c3cccc4ccccc34)cc2)c2c([2H])c([2H])c(-c3cccc4c3oc3ccccc34)c([2H])c2[2H])c([2H])c([2H])c1-c1ccc(-c2cccc3ccccc23)cc1. The lowest BCUT2D eigenvalue weighted by molar-refractivity contribution is 0.670. The molecule has 0 amide bonds. The van der Waals surface area contributed by atoms with Crippen LogP contribution in [0.3, 0.4) is 0 Å². The summed E-state index contributed by atoms with van der Waals surface area (Å²) in [5, 5.41) is 5.91. The van der Waals surface area contributed by atoms with Gasteiger partial charge in [-0.3, -0.25) is 0 Å². The zero-order chi connectivity index (χ0) is 45.4. The predicted octanol–water partition coefficient (Wildman–Crippen LogP) is 16.0. The molecule has 0 bridgehead atoms. The van der Waals surface area contributed by atoms with Gasteiger partial charge in [0.2, 0.25) is 0 Å². The molecule has 0 saturated heterocycles. The summed E-state index contributed by atoms with van der Waals surface area (Å²) in [4.78, 5) is 1.34. The van der Waals surface area contributed by atoms with E-state index >= 15 is 0 Å². The van der Waals surface area contributed by atoms with Gasteiger partial charge in [-0.1, -0.05) is 182 Å². The van der Waals surface area contributed by atoms with Crippen LogP contribution >= 0.6 is 0 Å². The molecule has 0 N–H and O–H groups in total. The number of furan rings is 1. The van der Waals surface area contributed by atoms with Crippen LogP contribution in [0.4, 0.5) is 17.1 Å². The Bertz CT molecular complexity index is 3680. The average Bonchev–Trinajstić information content (AvgIpc) is 3.74. The van der Waals surface area contributed by atoms with Crippen molar-refractivity contribution in [2.75, 3.05) is 4.90 Å². The van der Waals surface area contributed by atoms with Gasteiger partial charge in [0.1, 0.15) is 11.2 Å². The van der Waals surface area contributed by atoms with Crippen LogP contribution in [-0.4, -0.2) is 0 Å². The summed E-state index contributed by atoms with van der Waals surface area (Å²) in [6, 6.07) is 52.9. The number of nitrogens with zero attached hydrogens (tertiary/aromatic N) is 1. The Morgan fingerprint density at radius 3 is 1.38 bits per heavy atom. The highest BCUT2D eigenvalue weighted by atomic mass is 16.3. The number of rotatable bonds is 7. The first-order valence-electron chi connectivity index (χ1n) is 23.2. The Morgan fingerprint density at radius 2 is 0.759 bits per heavy atom. The van der Waals surface area contributed by atoms with E-state index in [9.17, 15) is 11.0 Å². The Hall–Kier alpha value is -7.68. The number of fused-ring (bicyclic) bond motifs is 5. The number of anilines is 3. The lowest BCUT2D eigenvalue weighted by Crippen LogP contribution is -2.09. The topological polar surface area (TPSA) is 16.4 Å². The summed E-state index contributed by atoms with van der Waals surface area (Å²) in [5.74, 6) is 0. The molecule has 0 radical (unpaired) electrons. The molecule has 10 aromatic carbocycles. The molecular formula is C56H37NO. The minimum atomic E-state index is -0.429. The van der Waals surface area contributed by atoms with Crippen LogP contribution in [-0.2, 0) is 0 Å². The maximum Gasteiger partial charge on any atom is 0.143 e. The van der Waals surface area contributed by atoms with Gasteiger partial charge in [-0.25, -0.2) is 0 Å². The van der Waals surface area contributed by atoms with Crippen molar-refractivity contribution < 1.29 is 15.4 Å². The van der Waals surface area contributed by atoms with Crippen LogP contribution < -0.4 is 4.90 Å². The predicted molar refractivity (Wildman–Crippen MR) is 245 cm³/mol. The lowest BCUT2D eigenvalue weighted by Gasteiger charge is -2.26. The van der Waals surface area contributed by atoms with Gasteiger partial charge in [-0.05, 0) is 103 Å². The highest BCUT2D eigenvalue weighted by Crippen LogP contribution is 2.41. The standard InChI is InChI=1S/C56H37NO/c1-3-14-48-40(10-1)12-7-17-50(48)42-24-22-38(23-25-42)39-26-32-45(33-27-39)57(46-34-28-43(29-35-46)51-18-8-13-41-11-2-4-15-49(41)51)47-36-30-44(31-37-47)52-19-9-20-54-53-16-5-6-21-55(53)58-56(52)54/h1-37H/i26D,27D,30D,31D,32D,33D,36D,37D. The zero-order valence-corrected chi connectivity index (χ0v) is 31.1. The van der Waals surface area contributed by atoms with Crippen molar-refractivity contribution in [1.29, 1.82) is 0 Å². The van der Waals surface area contributed by atoms with Crippen LogP contribution in [0.1, 0.15) is 11.0 Å². The van der Waals surface area contributed by atoms with E-state index < -0.39 is 24.2 Å². The quantitative estimate of drug-likeness (QED) is 0.161. The lowest BCUT2D eigenvalue weighted by atomic mass is 9.96. The van der Waals surface area contributed by atoms with Gasteiger partial charge in [0.05, 0.1) is 11.0 Å². The van der Waals surface area contributed by atoms with Gasteiger partial charge >= 0.3 is 0 Å². The molecule has 1 heterocycles. The summed E-state index contributed by atoms with van der Waals surface area (Å²) in [5.41, 5.74) is 5.73. The molecule has 0 spiro atoms. The first kappa shape index (κ1) is 26.2. The summed E-state index contributed by atoms with van der Waals surface area (Å²) >= 11 is 0. The van der Waals surface area contributed by atoms with Gasteiger partial charge in [-0.2, -0.15) is 0 Å². The van der Waals surface area contributed by atoms with E-state index in [0.717, 1.165) is 54.6 Å². The summed E-state index contributed by atoms with van der Waals surface area (Å²) in [6.07, 6.45) is 0. The second-order valence-corrected chi connectivity index (χ2v) is 14.2. The van der Waals surface area contributed by atoms with Crippen molar-refractivity contribution in [3.8, 4) is 44.5 Å². The third kappa shape index (κ3) is 5.91. The highest BCUT2D eigenvalue weighted by molar-refractivity contribution is 6.09. The monoisotopic (exact) mass is 747 g/mol. The molecular weight excluding hydrogens is 703 g/mol. The number of hydrogen-bond donors (Lipinski definition) is 0. The molecule has 1 aromatic heterocycles. The molecule has 0 aliphatic rings. The van der Waals surface area contributed by atoms with Gasteiger partial charge in [0.15, 0.2) is 0 Å². The largest absolute Gasteiger partial charge is 0.455 e. The van der Waals surface area contributed by atoms with E-state index in [1.54, 1.807) is 36.4 Å². The minimum Gasteiger partial charge on any atom is -0.455 e. The van der Waals surface area contributed by atoms with Crippen molar-refractivity contribution in [2.24, 2.45) is 0 Å². The normalized spacial score (nSPS) is 13.4. The van der Waals surface area contributed by atoms with E-state index in [4.69, 9.17) is 4.42 Å². The van der Waals surface area contributed by atoms with E-state index in [1.807, 2.05) is 121 Å². The Labute approximate surface area is 348 Å². The Morgan fingerprint density at radius 1 is 0.310 bits per heavy atom. The van der Waals surface area contributed by atoms with Crippen molar-refractivity contribution in [1.82, 2.24) is 0 Å². The molecule has 2 nitrogen and oxygen atoms in total. The number of para-hydroxylation sites is 2. The van der Waals surface area contributed by atoms with Crippen molar-refractivity contribution in [3.05, 3.63) is 224 Å². The molecule has 0 aliphatic heterocycles. The fraction of sp³-hybridized carbons (Fsp3) is 0. The smallest absolute Gasteiger partial charge is 0.143 e. The third-order valence-electron chi connectivity index (χ3n) is 10.8. The van der Waals surface area contributed by atoms with Crippen LogP contribution in [0.15, 0.2) is 229 Å². The van der Waals surface area contributed by atoms with Crippen LogP contribution in [0.5, 0.6) is 0 Å². The van der Waals surface area contributed by atoms with E-state index in [0.29, 0.717) is 28.0 Å². The Balaban J connectivity index is 1.09. The van der Waals surface area contributed by atoms with E-state index in [-0.39, 0.29) is 46.7 Å². The van der Waals surface area contributed by atoms with Gasteiger partial charge in [-0.15, -0.1) is 0 Å². The average molecular weight is 748 g/mol. The van der Waals surface area contributed by atoms with Crippen LogP contribution in [0.2, 0.25) is 0 Å². The van der Waals surface area contributed by atoms with Crippen LogP contribution in [0, 0.1) is 0 Å². The number of benzene rings is 10. The first-order chi connectivity index (χ1) is 32.1. The summed E-state index contributed by atoms with van der Waals surface area (Å²) in [7, 11) is 0. The number of hydrogen-bond acceptors (Lipinski definition) is 2. The van der Waals surface area contributed by atoms with E-state index in [1.165, 1.54) is 4.90 Å². The maximum atomic E-state index is 9.62. The molecule has 0 atom stereocenters. The molecule has 0 aliphatic carbocycles. The molecule has 0 unspecified atom stereocenters. The van der Waals surface area contributed by atoms with Crippen molar-refractivity contribution >= 4 is 60.5 Å². The van der Waals surface area contributed by atoms with Gasteiger partial charge < -0.3 is 9.32 Å². The minimum absolute atomic E-state index is 0.0338. The highest BCUT2D eigenvalue weighted by Gasteiger charge is 2.16. The second-order valence-electron chi connectivity index (χ2n) is 14.2. The van der Waals surface area contributed by atoms with Gasteiger partial charge in [0.25, 0.3) is 0 Å². The molecule has 2 heteroatoms. The summed E-state index contributed by atoms with van der Waals surface area (Å²) in [6.45, 7) is 0. The third-order valence-corrected chi connectivity index (χ3v) is 10.8. The second kappa shape index (κ2) is 14.1. The molecule has 58 heavy (non-hydrogen) atoms. The molecule has 272 valence electrons. The first-order valence-corrected chi connectivity index (χ1v) is 19.2. The van der Waals surface area contributed by atoms with E-state index in [2.05, 4.69) is 18.2 Å². The van der Waals surface area contributed by atoms with Crippen molar-refractivity contribution in [3.63, 3.8) is 0 Å². The summed E-state index contributed by atoms with van der Waals surface area (Å²) < 4.78 is 82.6. The fourth-order valence-electron chi connectivity index (χ4n) is 7.99. The molecule has 0 saturated carbocycles. The fourth-order valence-corrected chi connectivity index (χ4v) is 7.99. The zero-order valence-electron chi connectivity index (χ0n) is 39.1. The molecule has 11 rings (SSSR count). The maximum absolute atomic E-state index is 9.62. The van der Waals surface area contributed by atoms with Crippen LogP contribution in [0.25, 0.3) is 88.0 Å². The Kier molecular flexibility index (Phi) is 6.38. The van der Waals surface area contributed by atoms with Gasteiger partial charge in [0, 0.05) is 33.4 Å².